The van der Waals surface area contributed by atoms with E-state index in [1.165, 1.54) is 37.0 Å². The van der Waals surface area contributed by atoms with Crippen LogP contribution < -0.4 is 5.32 Å². The van der Waals surface area contributed by atoms with Crippen molar-refractivity contribution in [2.24, 2.45) is 0 Å². The monoisotopic (exact) mass is 229 g/mol. The summed E-state index contributed by atoms with van der Waals surface area (Å²) in [4.78, 5) is 1.35. The quantitative estimate of drug-likeness (QED) is 0.831. The molecule has 1 saturated carbocycles. The van der Waals surface area contributed by atoms with E-state index in [9.17, 15) is 0 Å². The lowest BCUT2D eigenvalue weighted by atomic mass is 9.95. The van der Waals surface area contributed by atoms with Gasteiger partial charge in [-0.15, -0.1) is 11.3 Å². The van der Waals surface area contributed by atoms with E-state index in [0.717, 1.165) is 17.6 Å². The van der Waals surface area contributed by atoms with E-state index in [4.69, 9.17) is 11.6 Å². The lowest BCUT2D eigenvalue weighted by Crippen LogP contribution is -2.30. The minimum atomic E-state index is 0.740. The van der Waals surface area contributed by atoms with Crippen LogP contribution in [-0.4, -0.2) is 6.04 Å². The fourth-order valence-corrected chi connectivity index (χ4v) is 3.02. The first-order valence-electron chi connectivity index (χ1n) is 5.31. The van der Waals surface area contributed by atoms with Crippen LogP contribution in [0.4, 0.5) is 0 Å². The van der Waals surface area contributed by atoms with Crippen molar-refractivity contribution in [1.29, 1.82) is 0 Å². The van der Waals surface area contributed by atoms with Gasteiger partial charge in [-0.05, 0) is 18.9 Å². The Morgan fingerprint density at radius 1 is 1.36 bits per heavy atom. The Hall–Kier alpha value is -0.0500. The number of halogens is 1. The SMILES string of the molecule is Clc1csc(CNC2CCCCC2)c1. The molecule has 3 heteroatoms. The summed E-state index contributed by atoms with van der Waals surface area (Å²) in [6.07, 6.45) is 6.90. The molecule has 0 bridgehead atoms. The molecule has 2 rings (SSSR count). The van der Waals surface area contributed by atoms with E-state index in [1.807, 2.05) is 5.38 Å². The second-order valence-corrected chi connectivity index (χ2v) is 5.38. The molecule has 1 aromatic rings. The first-order chi connectivity index (χ1) is 6.84. The Bertz CT molecular complexity index is 279. The standard InChI is InChI=1S/C11H16ClNS/c12-9-6-11(14-8-9)7-13-10-4-2-1-3-5-10/h6,8,10,13H,1-5,7H2. The maximum absolute atomic E-state index is 5.86. The second kappa shape index (κ2) is 5.15. The molecule has 0 atom stereocenters. The summed E-state index contributed by atoms with van der Waals surface area (Å²) in [7, 11) is 0. The van der Waals surface area contributed by atoms with Crippen LogP contribution >= 0.6 is 22.9 Å². The molecule has 0 aliphatic heterocycles. The lowest BCUT2D eigenvalue weighted by molar-refractivity contribution is 0.373. The molecule has 1 heterocycles. The Balaban J connectivity index is 1.76. The van der Waals surface area contributed by atoms with Crippen molar-refractivity contribution in [3.63, 3.8) is 0 Å². The van der Waals surface area contributed by atoms with Crippen LogP contribution in [0.5, 0.6) is 0 Å². The largest absolute Gasteiger partial charge is 0.309 e. The number of hydrogen-bond donors (Lipinski definition) is 1. The average Bonchev–Trinajstić information content (AvgIpc) is 2.63. The molecule has 0 amide bonds. The van der Waals surface area contributed by atoms with Crippen LogP contribution in [0, 0.1) is 0 Å². The van der Waals surface area contributed by atoms with Crippen LogP contribution in [0.1, 0.15) is 37.0 Å². The van der Waals surface area contributed by atoms with Gasteiger partial charge in [-0.3, -0.25) is 0 Å². The van der Waals surface area contributed by atoms with E-state index in [-0.39, 0.29) is 0 Å². The van der Waals surface area contributed by atoms with Crippen molar-refractivity contribution in [3.05, 3.63) is 21.3 Å². The minimum Gasteiger partial charge on any atom is -0.309 e. The maximum atomic E-state index is 5.86. The van der Waals surface area contributed by atoms with E-state index in [0.29, 0.717) is 0 Å². The molecule has 1 aromatic heterocycles. The highest BCUT2D eigenvalue weighted by Crippen LogP contribution is 2.21. The maximum Gasteiger partial charge on any atom is 0.0516 e. The molecule has 1 aliphatic carbocycles. The summed E-state index contributed by atoms with van der Waals surface area (Å²) in [5, 5.41) is 6.47. The predicted molar refractivity (Wildman–Crippen MR) is 63.0 cm³/mol. The van der Waals surface area contributed by atoms with E-state index < -0.39 is 0 Å². The van der Waals surface area contributed by atoms with Gasteiger partial charge in [-0.2, -0.15) is 0 Å². The molecule has 1 nitrogen and oxygen atoms in total. The normalized spacial score (nSPS) is 18.6. The van der Waals surface area contributed by atoms with Crippen LogP contribution in [0.25, 0.3) is 0 Å². The lowest BCUT2D eigenvalue weighted by Gasteiger charge is -2.22. The predicted octanol–water partition coefficient (Wildman–Crippen LogP) is 3.82. The van der Waals surface area contributed by atoms with Gasteiger partial charge in [0.2, 0.25) is 0 Å². The fourth-order valence-electron chi connectivity index (χ4n) is 2.00. The molecule has 14 heavy (non-hydrogen) atoms. The van der Waals surface area contributed by atoms with Crippen LogP contribution in [0.15, 0.2) is 11.4 Å². The number of hydrogen-bond acceptors (Lipinski definition) is 2. The second-order valence-electron chi connectivity index (χ2n) is 3.95. The third-order valence-electron chi connectivity index (χ3n) is 2.79. The van der Waals surface area contributed by atoms with Gasteiger partial charge in [0.25, 0.3) is 0 Å². The zero-order valence-corrected chi connectivity index (χ0v) is 9.83. The van der Waals surface area contributed by atoms with Gasteiger partial charge in [0.1, 0.15) is 0 Å². The first kappa shape index (κ1) is 10.5. The smallest absolute Gasteiger partial charge is 0.0516 e. The molecule has 78 valence electrons. The van der Waals surface area contributed by atoms with Gasteiger partial charge < -0.3 is 5.32 Å². The fraction of sp³-hybridized carbons (Fsp3) is 0.636. The highest BCUT2D eigenvalue weighted by atomic mass is 35.5. The van der Waals surface area contributed by atoms with Gasteiger partial charge in [0, 0.05) is 22.8 Å². The van der Waals surface area contributed by atoms with Crippen LogP contribution in [-0.2, 0) is 6.54 Å². The topological polar surface area (TPSA) is 12.0 Å². The van der Waals surface area contributed by atoms with Gasteiger partial charge in [-0.1, -0.05) is 30.9 Å². The summed E-state index contributed by atoms with van der Waals surface area (Å²) >= 11 is 7.61. The Morgan fingerprint density at radius 3 is 2.79 bits per heavy atom. The molecule has 0 unspecified atom stereocenters. The van der Waals surface area contributed by atoms with Crippen LogP contribution in [0.3, 0.4) is 0 Å². The summed E-state index contributed by atoms with van der Waals surface area (Å²) < 4.78 is 0. The molecule has 0 spiro atoms. The summed E-state index contributed by atoms with van der Waals surface area (Å²) in [5.74, 6) is 0. The Morgan fingerprint density at radius 2 is 2.14 bits per heavy atom. The first-order valence-corrected chi connectivity index (χ1v) is 6.56. The van der Waals surface area contributed by atoms with Crippen molar-refractivity contribution < 1.29 is 0 Å². The van der Waals surface area contributed by atoms with E-state index in [2.05, 4.69) is 11.4 Å². The molecule has 0 radical (unpaired) electrons. The highest BCUT2D eigenvalue weighted by molar-refractivity contribution is 7.10. The molecule has 0 saturated heterocycles. The molecular weight excluding hydrogens is 214 g/mol. The Labute approximate surface area is 94.5 Å². The molecule has 1 N–H and O–H groups in total. The third-order valence-corrected chi connectivity index (χ3v) is 4.08. The van der Waals surface area contributed by atoms with E-state index in [1.54, 1.807) is 11.3 Å². The zero-order chi connectivity index (χ0) is 9.80. The summed E-state index contributed by atoms with van der Waals surface area (Å²) in [6, 6.07) is 2.80. The van der Waals surface area contributed by atoms with Crippen LogP contribution in [0.2, 0.25) is 5.02 Å². The van der Waals surface area contributed by atoms with Crippen molar-refractivity contribution in [3.8, 4) is 0 Å². The summed E-state index contributed by atoms with van der Waals surface area (Å²) in [5.41, 5.74) is 0. The number of rotatable bonds is 3. The van der Waals surface area contributed by atoms with Gasteiger partial charge in [-0.25, -0.2) is 0 Å². The minimum absolute atomic E-state index is 0.740. The molecule has 0 aromatic carbocycles. The van der Waals surface area contributed by atoms with Crippen molar-refractivity contribution in [2.75, 3.05) is 0 Å². The average molecular weight is 230 g/mol. The van der Waals surface area contributed by atoms with Gasteiger partial charge in [0.15, 0.2) is 0 Å². The van der Waals surface area contributed by atoms with Gasteiger partial charge in [0.05, 0.1) is 5.02 Å². The van der Waals surface area contributed by atoms with Gasteiger partial charge >= 0.3 is 0 Å². The summed E-state index contributed by atoms with van der Waals surface area (Å²) in [6.45, 7) is 0.988. The number of thiophene rings is 1. The molecule has 1 fully saturated rings. The number of nitrogens with one attached hydrogen (secondary N) is 1. The third kappa shape index (κ3) is 2.97. The highest BCUT2D eigenvalue weighted by Gasteiger charge is 2.12. The molecular formula is C11H16ClNS. The van der Waals surface area contributed by atoms with Crippen molar-refractivity contribution >= 4 is 22.9 Å². The Kier molecular flexibility index (Phi) is 3.85. The van der Waals surface area contributed by atoms with E-state index >= 15 is 0 Å². The zero-order valence-electron chi connectivity index (χ0n) is 8.26. The molecule has 1 aliphatic rings. The van der Waals surface area contributed by atoms with Crippen molar-refractivity contribution in [2.45, 2.75) is 44.7 Å². The van der Waals surface area contributed by atoms with Crippen molar-refractivity contribution in [1.82, 2.24) is 5.32 Å².